The topological polar surface area (TPSA) is 6.48 Å². The Hall–Kier alpha value is -0.860. The molecule has 0 bridgehead atoms. The number of nitrogens with zero attached hydrogens (tertiary/aromatic N) is 2. The molecule has 2 heterocycles. The molecule has 0 radical (unpaired) electrons. The van der Waals surface area contributed by atoms with Gasteiger partial charge in [0.2, 0.25) is 0 Å². The lowest BCUT2D eigenvalue weighted by Gasteiger charge is -2.27. The maximum atomic E-state index is 2.72. The van der Waals surface area contributed by atoms with E-state index >= 15 is 0 Å². The molecule has 0 saturated carbocycles. The lowest BCUT2D eigenvalue weighted by Crippen LogP contribution is -2.38. The molecular weight excluding hydrogens is 232 g/mol. The SMILES string of the molecule is C[C@@H](CN1CCCN2CCC[C@@H]2C1)c1ccccc1. The smallest absolute Gasteiger partial charge is 0.0223 e. The highest BCUT2D eigenvalue weighted by molar-refractivity contribution is 5.19. The molecule has 19 heavy (non-hydrogen) atoms. The minimum absolute atomic E-state index is 0.647. The molecular formula is C17H26N2. The zero-order valence-electron chi connectivity index (χ0n) is 12.1. The Morgan fingerprint density at radius 1 is 1.11 bits per heavy atom. The zero-order chi connectivity index (χ0) is 13.1. The first-order chi connectivity index (χ1) is 9.33. The van der Waals surface area contributed by atoms with Crippen LogP contribution in [0.2, 0.25) is 0 Å². The molecule has 0 amide bonds. The van der Waals surface area contributed by atoms with Crippen molar-refractivity contribution in [3.63, 3.8) is 0 Å². The molecule has 0 spiro atoms. The highest BCUT2D eigenvalue weighted by atomic mass is 15.3. The van der Waals surface area contributed by atoms with Gasteiger partial charge in [0.1, 0.15) is 0 Å². The molecule has 1 aromatic rings. The molecule has 2 heteroatoms. The normalized spacial score (nSPS) is 26.9. The van der Waals surface area contributed by atoms with E-state index in [1.807, 2.05) is 0 Å². The third-order valence-corrected chi connectivity index (χ3v) is 4.79. The Morgan fingerprint density at radius 3 is 2.74 bits per heavy atom. The van der Waals surface area contributed by atoms with Crippen molar-refractivity contribution in [3.8, 4) is 0 Å². The van der Waals surface area contributed by atoms with Gasteiger partial charge in [-0.05, 0) is 50.4 Å². The number of fused-ring (bicyclic) bond motifs is 1. The van der Waals surface area contributed by atoms with Gasteiger partial charge < -0.3 is 4.90 Å². The van der Waals surface area contributed by atoms with Gasteiger partial charge in [-0.1, -0.05) is 37.3 Å². The Balaban J connectivity index is 1.60. The molecule has 2 aliphatic heterocycles. The van der Waals surface area contributed by atoms with Crippen LogP contribution >= 0.6 is 0 Å². The Kier molecular flexibility index (Phi) is 4.19. The van der Waals surface area contributed by atoms with Crippen LogP contribution in [-0.4, -0.2) is 48.6 Å². The van der Waals surface area contributed by atoms with E-state index in [1.54, 1.807) is 0 Å². The van der Waals surface area contributed by atoms with Gasteiger partial charge in [-0.15, -0.1) is 0 Å². The van der Waals surface area contributed by atoms with Crippen LogP contribution in [0.15, 0.2) is 30.3 Å². The molecule has 2 nitrogen and oxygen atoms in total. The van der Waals surface area contributed by atoms with Crippen molar-refractivity contribution in [3.05, 3.63) is 35.9 Å². The highest BCUT2D eigenvalue weighted by Gasteiger charge is 2.29. The minimum atomic E-state index is 0.647. The van der Waals surface area contributed by atoms with Crippen molar-refractivity contribution < 1.29 is 0 Å². The van der Waals surface area contributed by atoms with Crippen LogP contribution in [0.5, 0.6) is 0 Å². The maximum absolute atomic E-state index is 2.72. The molecule has 0 aliphatic carbocycles. The monoisotopic (exact) mass is 258 g/mol. The van der Waals surface area contributed by atoms with Crippen LogP contribution in [0.3, 0.4) is 0 Å². The van der Waals surface area contributed by atoms with Gasteiger partial charge in [0.15, 0.2) is 0 Å². The maximum Gasteiger partial charge on any atom is 0.0223 e. The van der Waals surface area contributed by atoms with Crippen molar-refractivity contribution in [1.29, 1.82) is 0 Å². The van der Waals surface area contributed by atoms with Gasteiger partial charge in [0, 0.05) is 19.1 Å². The summed E-state index contributed by atoms with van der Waals surface area (Å²) in [5.74, 6) is 0.647. The summed E-state index contributed by atoms with van der Waals surface area (Å²) >= 11 is 0. The van der Waals surface area contributed by atoms with Crippen LogP contribution < -0.4 is 0 Å². The van der Waals surface area contributed by atoms with Crippen molar-refractivity contribution in [2.45, 2.75) is 38.1 Å². The number of rotatable bonds is 3. The summed E-state index contributed by atoms with van der Waals surface area (Å²) in [6, 6.07) is 11.8. The fraction of sp³-hybridized carbons (Fsp3) is 0.647. The summed E-state index contributed by atoms with van der Waals surface area (Å²) in [6.45, 7) is 8.82. The average Bonchev–Trinajstić information content (AvgIpc) is 2.79. The first-order valence-corrected chi connectivity index (χ1v) is 7.84. The second-order valence-electron chi connectivity index (χ2n) is 6.26. The van der Waals surface area contributed by atoms with Crippen molar-refractivity contribution in [2.75, 3.05) is 32.7 Å². The second kappa shape index (κ2) is 6.06. The molecule has 2 fully saturated rings. The van der Waals surface area contributed by atoms with Crippen LogP contribution in [0.4, 0.5) is 0 Å². The molecule has 104 valence electrons. The molecule has 0 N–H and O–H groups in total. The fourth-order valence-electron chi connectivity index (χ4n) is 3.72. The lowest BCUT2D eigenvalue weighted by atomic mass is 10.0. The molecule has 3 rings (SSSR count). The lowest BCUT2D eigenvalue weighted by molar-refractivity contribution is 0.214. The predicted octanol–water partition coefficient (Wildman–Crippen LogP) is 2.96. The number of hydrogen-bond donors (Lipinski definition) is 0. The van der Waals surface area contributed by atoms with Crippen LogP contribution in [-0.2, 0) is 0 Å². The fourth-order valence-corrected chi connectivity index (χ4v) is 3.72. The predicted molar refractivity (Wildman–Crippen MR) is 80.5 cm³/mol. The summed E-state index contributed by atoms with van der Waals surface area (Å²) in [6.07, 6.45) is 4.17. The standard InChI is InChI=1S/C17H26N2/c1-15(16-7-3-2-4-8-16)13-18-10-6-12-19-11-5-9-17(19)14-18/h2-4,7-8,15,17H,5-6,9-14H2,1H3/t15-,17+/m0/s1. The van der Waals surface area contributed by atoms with Crippen molar-refractivity contribution in [1.82, 2.24) is 9.80 Å². The molecule has 2 saturated heterocycles. The van der Waals surface area contributed by atoms with E-state index in [0.29, 0.717) is 5.92 Å². The van der Waals surface area contributed by atoms with E-state index in [2.05, 4.69) is 47.1 Å². The van der Waals surface area contributed by atoms with Gasteiger partial charge in [-0.2, -0.15) is 0 Å². The number of hydrogen-bond acceptors (Lipinski definition) is 2. The van der Waals surface area contributed by atoms with Crippen LogP contribution in [0.1, 0.15) is 37.7 Å². The highest BCUT2D eigenvalue weighted by Crippen LogP contribution is 2.23. The van der Waals surface area contributed by atoms with Gasteiger partial charge in [0.25, 0.3) is 0 Å². The van der Waals surface area contributed by atoms with Crippen molar-refractivity contribution in [2.24, 2.45) is 0 Å². The summed E-state index contributed by atoms with van der Waals surface area (Å²) < 4.78 is 0. The quantitative estimate of drug-likeness (QED) is 0.822. The Bertz CT molecular complexity index is 390. The summed E-state index contributed by atoms with van der Waals surface area (Å²) in [7, 11) is 0. The van der Waals surface area contributed by atoms with Gasteiger partial charge in [-0.3, -0.25) is 4.90 Å². The Morgan fingerprint density at radius 2 is 1.89 bits per heavy atom. The third-order valence-electron chi connectivity index (χ3n) is 4.79. The third kappa shape index (κ3) is 3.18. The molecule has 1 aromatic carbocycles. The summed E-state index contributed by atoms with van der Waals surface area (Å²) in [5.41, 5.74) is 1.48. The average molecular weight is 258 g/mol. The number of benzene rings is 1. The van der Waals surface area contributed by atoms with E-state index in [4.69, 9.17) is 0 Å². The molecule has 2 atom stereocenters. The van der Waals surface area contributed by atoms with E-state index in [9.17, 15) is 0 Å². The van der Waals surface area contributed by atoms with Crippen LogP contribution in [0.25, 0.3) is 0 Å². The Labute approximate surface area is 117 Å². The van der Waals surface area contributed by atoms with E-state index in [0.717, 1.165) is 6.04 Å². The minimum Gasteiger partial charge on any atom is -0.301 e. The van der Waals surface area contributed by atoms with E-state index < -0.39 is 0 Å². The van der Waals surface area contributed by atoms with E-state index in [-0.39, 0.29) is 0 Å². The van der Waals surface area contributed by atoms with Crippen molar-refractivity contribution >= 4 is 0 Å². The van der Waals surface area contributed by atoms with Gasteiger partial charge in [0.05, 0.1) is 0 Å². The first kappa shape index (κ1) is 13.1. The second-order valence-corrected chi connectivity index (χ2v) is 6.26. The summed E-state index contributed by atoms with van der Waals surface area (Å²) in [4.78, 5) is 5.42. The van der Waals surface area contributed by atoms with Crippen LogP contribution in [0, 0.1) is 0 Å². The van der Waals surface area contributed by atoms with Gasteiger partial charge >= 0.3 is 0 Å². The molecule has 0 aromatic heterocycles. The van der Waals surface area contributed by atoms with E-state index in [1.165, 1.54) is 57.5 Å². The molecule has 0 unspecified atom stereocenters. The van der Waals surface area contributed by atoms with Gasteiger partial charge in [-0.25, -0.2) is 0 Å². The molecule has 2 aliphatic rings. The largest absolute Gasteiger partial charge is 0.301 e. The summed E-state index contributed by atoms with van der Waals surface area (Å²) in [5, 5.41) is 0. The zero-order valence-corrected chi connectivity index (χ0v) is 12.1. The first-order valence-electron chi connectivity index (χ1n) is 7.84.